The van der Waals surface area contributed by atoms with E-state index in [1.54, 1.807) is 12.1 Å². The molecule has 1 N–H and O–H groups in total. The average Bonchev–Trinajstić information content (AvgIpc) is 3.47. The van der Waals surface area contributed by atoms with Gasteiger partial charge in [-0.25, -0.2) is 13.4 Å². The molecule has 5 rings (SSSR count). The van der Waals surface area contributed by atoms with Crippen molar-refractivity contribution in [1.82, 2.24) is 19.7 Å². The molecular weight excluding hydrogens is 452 g/mol. The van der Waals surface area contributed by atoms with Crippen LogP contribution in [0, 0.1) is 0 Å². The Hall–Kier alpha value is -3.40. The summed E-state index contributed by atoms with van der Waals surface area (Å²) in [5.41, 5.74) is 1.88. The molecule has 0 atom stereocenters. The summed E-state index contributed by atoms with van der Waals surface area (Å²) in [6, 6.07) is 12.0. The molecule has 0 bridgehead atoms. The second-order valence-corrected chi connectivity index (χ2v) is 11.1. The van der Waals surface area contributed by atoms with E-state index in [1.165, 1.54) is 6.26 Å². The number of piperidine rings is 1. The Labute approximate surface area is 198 Å². The van der Waals surface area contributed by atoms with E-state index in [-0.39, 0.29) is 5.92 Å². The SMILES string of the molecule is CC(C)c1noc(N2CCC(Nc3ccc(-n4ccc5cc(S(C)(=O)=O)ccc54)nc3)CC2)n1. The topological polar surface area (TPSA) is 106 Å². The first-order chi connectivity index (χ1) is 16.3. The monoisotopic (exact) mass is 480 g/mol. The van der Waals surface area contributed by atoms with Crippen LogP contribution in [0.5, 0.6) is 0 Å². The van der Waals surface area contributed by atoms with Crippen LogP contribution in [-0.2, 0) is 9.84 Å². The molecule has 9 nitrogen and oxygen atoms in total. The summed E-state index contributed by atoms with van der Waals surface area (Å²) in [4.78, 5) is 11.6. The number of anilines is 2. The zero-order valence-corrected chi connectivity index (χ0v) is 20.3. The summed E-state index contributed by atoms with van der Waals surface area (Å²) in [5.74, 6) is 1.77. The second-order valence-electron chi connectivity index (χ2n) is 9.08. The lowest BCUT2D eigenvalue weighted by Crippen LogP contribution is -2.39. The van der Waals surface area contributed by atoms with Gasteiger partial charge >= 0.3 is 6.01 Å². The number of aromatic nitrogens is 4. The fourth-order valence-electron chi connectivity index (χ4n) is 4.21. The van der Waals surface area contributed by atoms with Crippen LogP contribution in [0.3, 0.4) is 0 Å². The maximum Gasteiger partial charge on any atom is 0.324 e. The zero-order valence-electron chi connectivity index (χ0n) is 19.5. The van der Waals surface area contributed by atoms with E-state index in [4.69, 9.17) is 4.52 Å². The average molecular weight is 481 g/mol. The van der Waals surface area contributed by atoms with Crippen molar-refractivity contribution in [1.29, 1.82) is 0 Å². The number of benzene rings is 1. The highest BCUT2D eigenvalue weighted by Gasteiger charge is 2.23. The first-order valence-corrected chi connectivity index (χ1v) is 13.3. The van der Waals surface area contributed by atoms with Gasteiger partial charge < -0.3 is 19.3 Å². The molecule has 1 aromatic carbocycles. The lowest BCUT2D eigenvalue weighted by Gasteiger charge is -2.31. The summed E-state index contributed by atoms with van der Waals surface area (Å²) < 4.78 is 31.0. The van der Waals surface area contributed by atoms with Crippen molar-refractivity contribution in [2.24, 2.45) is 0 Å². The van der Waals surface area contributed by atoms with Gasteiger partial charge in [0.2, 0.25) is 0 Å². The number of nitrogens with one attached hydrogen (secondary N) is 1. The standard InChI is InChI=1S/C24H28N6O3S/c1-16(2)23-27-24(33-28-23)29-11-9-18(10-12-29)26-19-4-7-22(25-15-19)30-13-8-17-14-20(34(3,31)32)5-6-21(17)30/h4-8,13-16,18,26H,9-12H2,1-3H3. The number of nitrogens with zero attached hydrogens (tertiary/aromatic N) is 5. The Balaban J connectivity index is 1.23. The molecule has 10 heteroatoms. The molecule has 0 radical (unpaired) electrons. The van der Waals surface area contributed by atoms with Crippen molar-refractivity contribution in [3.8, 4) is 5.82 Å². The molecule has 0 spiro atoms. The van der Waals surface area contributed by atoms with Crippen molar-refractivity contribution in [2.45, 2.75) is 43.5 Å². The van der Waals surface area contributed by atoms with Gasteiger partial charge in [-0.3, -0.25) is 0 Å². The zero-order chi connectivity index (χ0) is 23.9. The van der Waals surface area contributed by atoms with Crippen molar-refractivity contribution in [3.63, 3.8) is 0 Å². The Morgan fingerprint density at radius 3 is 2.56 bits per heavy atom. The Morgan fingerprint density at radius 1 is 1.12 bits per heavy atom. The largest absolute Gasteiger partial charge is 0.381 e. The predicted octanol–water partition coefficient (Wildman–Crippen LogP) is 4.02. The normalized spacial score (nSPS) is 15.4. The molecule has 1 saturated heterocycles. The Bertz CT molecular complexity index is 1400. The van der Waals surface area contributed by atoms with Gasteiger partial charge in [0, 0.05) is 42.9 Å². The van der Waals surface area contributed by atoms with E-state index in [0.29, 0.717) is 17.0 Å². The van der Waals surface area contributed by atoms with E-state index in [1.807, 2.05) is 41.2 Å². The molecule has 1 fully saturated rings. The van der Waals surface area contributed by atoms with E-state index >= 15 is 0 Å². The molecule has 4 aromatic rings. The fraction of sp³-hybridized carbons (Fsp3) is 0.375. The number of pyridine rings is 1. The molecule has 34 heavy (non-hydrogen) atoms. The van der Waals surface area contributed by atoms with Crippen LogP contribution < -0.4 is 10.2 Å². The van der Waals surface area contributed by atoms with Gasteiger partial charge in [-0.1, -0.05) is 19.0 Å². The van der Waals surface area contributed by atoms with E-state index in [9.17, 15) is 8.42 Å². The first kappa shape index (κ1) is 22.4. The van der Waals surface area contributed by atoms with Gasteiger partial charge in [-0.05, 0) is 49.2 Å². The van der Waals surface area contributed by atoms with Crippen molar-refractivity contribution in [3.05, 3.63) is 54.6 Å². The highest BCUT2D eigenvalue weighted by atomic mass is 32.2. The minimum atomic E-state index is -3.24. The predicted molar refractivity (Wildman–Crippen MR) is 131 cm³/mol. The van der Waals surface area contributed by atoms with Gasteiger partial charge in [-0.15, -0.1) is 0 Å². The number of hydrogen-bond donors (Lipinski definition) is 1. The third-order valence-electron chi connectivity index (χ3n) is 6.17. The lowest BCUT2D eigenvalue weighted by atomic mass is 10.1. The first-order valence-electron chi connectivity index (χ1n) is 11.4. The number of rotatable bonds is 6. The highest BCUT2D eigenvalue weighted by molar-refractivity contribution is 7.90. The Morgan fingerprint density at radius 2 is 1.91 bits per heavy atom. The van der Waals surface area contributed by atoms with Crippen molar-refractivity contribution in [2.75, 3.05) is 29.6 Å². The van der Waals surface area contributed by atoms with Gasteiger partial charge in [0.05, 0.1) is 22.3 Å². The third-order valence-corrected chi connectivity index (χ3v) is 7.28. The maximum absolute atomic E-state index is 11.8. The van der Waals surface area contributed by atoms with Crippen LogP contribution in [-0.4, -0.2) is 53.5 Å². The molecule has 1 aliphatic rings. The molecule has 0 unspecified atom stereocenters. The number of hydrogen-bond acceptors (Lipinski definition) is 8. The summed E-state index contributed by atoms with van der Waals surface area (Å²) in [7, 11) is -3.24. The van der Waals surface area contributed by atoms with Gasteiger partial charge in [0.1, 0.15) is 5.82 Å². The second kappa shape index (κ2) is 8.75. The van der Waals surface area contributed by atoms with Crippen LogP contribution in [0.1, 0.15) is 38.4 Å². The van der Waals surface area contributed by atoms with Gasteiger partial charge in [0.25, 0.3) is 0 Å². The van der Waals surface area contributed by atoms with Crippen LogP contribution in [0.15, 0.2) is 58.2 Å². The summed E-state index contributed by atoms with van der Waals surface area (Å²) >= 11 is 0. The summed E-state index contributed by atoms with van der Waals surface area (Å²) in [6.45, 7) is 5.82. The third kappa shape index (κ3) is 4.50. The molecule has 178 valence electrons. The highest BCUT2D eigenvalue weighted by Crippen LogP contribution is 2.25. The molecule has 4 heterocycles. The molecule has 3 aromatic heterocycles. The molecular formula is C24H28N6O3S. The van der Waals surface area contributed by atoms with E-state index in [0.717, 1.165) is 54.2 Å². The van der Waals surface area contributed by atoms with Crippen LogP contribution in [0.2, 0.25) is 0 Å². The quantitative estimate of drug-likeness (QED) is 0.441. The van der Waals surface area contributed by atoms with E-state index in [2.05, 4.69) is 39.2 Å². The van der Waals surface area contributed by atoms with Crippen LogP contribution >= 0.6 is 0 Å². The van der Waals surface area contributed by atoms with Crippen molar-refractivity contribution < 1.29 is 12.9 Å². The van der Waals surface area contributed by atoms with Gasteiger partial charge in [0.15, 0.2) is 15.7 Å². The summed E-state index contributed by atoms with van der Waals surface area (Å²) in [6.07, 6.45) is 6.89. The van der Waals surface area contributed by atoms with Crippen LogP contribution in [0.4, 0.5) is 11.7 Å². The van der Waals surface area contributed by atoms with Gasteiger partial charge in [-0.2, -0.15) is 4.98 Å². The lowest BCUT2D eigenvalue weighted by molar-refractivity contribution is 0.390. The molecule has 0 saturated carbocycles. The minimum Gasteiger partial charge on any atom is -0.381 e. The maximum atomic E-state index is 11.8. The smallest absolute Gasteiger partial charge is 0.324 e. The summed E-state index contributed by atoms with van der Waals surface area (Å²) in [5, 5.41) is 8.50. The van der Waals surface area contributed by atoms with E-state index < -0.39 is 9.84 Å². The molecule has 1 aliphatic heterocycles. The minimum absolute atomic E-state index is 0.252. The number of fused-ring (bicyclic) bond motifs is 1. The molecule has 0 aliphatic carbocycles. The van der Waals surface area contributed by atoms with Crippen molar-refractivity contribution >= 4 is 32.4 Å². The molecule has 0 amide bonds. The number of sulfone groups is 1. The Kier molecular flexibility index (Phi) is 5.76. The van der Waals surface area contributed by atoms with Crippen LogP contribution in [0.25, 0.3) is 16.7 Å². The fourth-order valence-corrected chi connectivity index (χ4v) is 4.86.